The highest BCUT2D eigenvalue weighted by Crippen LogP contribution is 2.05. The van der Waals surface area contributed by atoms with Crippen molar-refractivity contribution in [1.82, 2.24) is 0 Å². The molecule has 0 saturated heterocycles. The molecule has 1 heteroatoms. The summed E-state index contributed by atoms with van der Waals surface area (Å²) in [6.45, 7) is 9.50. The molecule has 0 fully saturated rings. The Hall–Kier alpha value is -0.0400. The fourth-order valence-corrected chi connectivity index (χ4v) is 0.796. The highest BCUT2D eigenvalue weighted by Gasteiger charge is 1.93. The van der Waals surface area contributed by atoms with E-state index in [1.54, 1.807) is 0 Å². The number of hydrogen-bond donors (Lipinski definition) is 0. The average Bonchev–Trinajstić information content (AvgIpc) is 1.96. The molecule has 0 atom stereocenters. The van der Waals surface area contributed by atoms with Crippen molar-refractivity contribution in [2.24, 2.45) is 5.92 Å². The summed E-state index contributed by atoms with van der Waals surface area (Å²) in [4.78, 5) is 0. The maximum Gasteiger partial charge on any atom is 0.0836 e. The molecule has 0 bridgehead atoms. The number of ether oxygens (including phenoxy) is 1. The van der Waals surface area contributed by atoms with Crippen molar-refractivity contribution in [3.05, 3.63) is 6.61 Å². The average molecular weight is 157 g/mol. The molecule has 67 valence electrons. The molecule has 0 unspecified atom stereocenters. The van der Waals surface area contributed by atoms with Gasteiger partial charge in [-0.25, -0.2) is 0 Å². The lowest BCUT2D eigenvalue weighted by atomic mass is 10.1. The van der Waals surface area contributed by atoms with Crippen LogP contribution in [0.4, 0.5) is 0 Å². The van der Waals surface area contributed by atoms with Gasteiger partial charge >= 0.3 is 0 Å². The molecular weight excluding hydrogens is 136 g/mol. The third-order valence-corrected chi connectivity index (χ3v) is 1.60. The minimum Gasteiger partial charge on any atom is -0.376 e. The summed E-state index contributed by atoms with van der Waals surface area (Å²) >= 11 is 0. The third-order valence-electron chi connectivity index (χ3n) is 1.60. The van der Waals surface area contributed by atoms with Gasteiger partial charge in [-0.15, -0.1) is 0 Å². The van der Waals surface area contributed by atoms with Crippen LogP contribution in [0.1, 0.15) is 46.5 Å². The van der Waals surface area contributed by atoms with E-state index in [-0.39, 0.29) is 0 Å². The second kappa shape index (κ2) is 8.06. The smallest absolute Gasteiger partial charge is 0.0836 e. The van der Waals surface area contributed by atoms with Crippen LogP contribution in [-0.4, -0.2) is 6.61 Å². The summed E-state index contributed by atoms with van der Waals surface area (Å²) in [6.07, 6.45) is 4.74. The zero-order valence-electron chi connectivity index (χ0n) is 8.10. The van der Waals surface area contributed by atoms with Gasteiger partial charge < -0.3 is 4.74 Å². The van der Waals surface area contributed by atoms with Crippen LogP contribution < -0.4 is 0 Å². The molecule has 0 aromatic carbocycles. The normalized spacial score (nSPS) is 10.9. The lowest BCUT2D eigenvalue weighted by Gasteiger charge is -2.04. The van der Waals surface area contributed by atoms with Crippen molar-refractivity contribution >= 4 is 0 Å². The molecule has 11 heavy (non-hydrogen) atoms. The van der Waals surface area contributed by atoms with Gasteiger partial charge in [0.15, 0.2) is 0 Å². The van der Waals surface area contributed by atoms with E-state index in [0.717, 1.165) is 18.9 Å². The molecule has 1 nitrogen and oxygen atoms in total. The molecule has 0 heterocycles. The molecule has 0 aliphatic rings. The van der Waals surface area contributed by atoms with Gasteiger partial charge in [-0.05, 0) is 25.2 Å². The minimum atomic E-state index is 0.793. The summed E-state index contributed by atoms with van der Waals surface area (Å²) < 4.78 is 5.30. The van der Waals surface area contributed by atoms with Gasteiger partial charge in [-0.1, -0.05) is 27.2 Å². The summed E-state index contributed by atoms with van der Waals surface area (Å²) in [7, 11) is 0. The molecule has 0 aliphatic heterocycles. The first-order chi connectivity index (χ1) is 5.27. The zero-order chi connectivity index (χ0) is 8.53. The van der Waals surface area contributed by atoms with Crippen LogP contribution in [0.5, 0.6) is 0 Å². The van der Waals surface area contributed by atoms with Gasteiger partial charge in [0.05, 0.1) is 6.61 Å². The third kappa shape index (κ3) is 9.96. The summed E-state index contributed by atoms with van der Waals surface area (Å²) in [6, 6.07) is 0. The highest BCUT2D eigenvalue weighted by atomic mass is 16.5. The second-order valence-corrected chi connectivity index (χ2v) is 3.36. The van der Waals surface area contributed by atoms with E-state index < -0.39 is 0 Å². The summed E-state index contributed by atoms with van der Waals surface area (Å²) in [5.74, 6) is 0.793. The van der Waals surface area contributed by atoms with Crippen molar-refractivity contribution in [1.29, 1.82) is 0 Å². The lowest BCUT2D eigenvalue weighted by molar-refractivity contribution is 0.184. The Kier molecular flexibility index (Phi) is 8.03. The molecule has 0 aromatic rings. The van der Waals surface area contributed by atoms with E-state index in [4.69, 9.17) is 4.74 Å². The maximum absolute atomic E-state index is 5.30. The van der Waals surface area contributed by atoms with E-state index in [1.807, 2.05) is 6.61 Å². The molecule has 0 aliphatic carbocycles. The van der Waals surface area contributed by atoms with Crippen molar-refractivity contribution < 1.29 is 4.74 Å². The Morgan fingerprint density at radius 3 is 2.64 bits per heavy atom. The molecule has 0 N–H and O–H groups in total. The van der Waals surface area contributed by atoms with Crippen LogP contribution >= 0.6 is 0 Å². The zero-order valence-corrected chi connectivity index (χ0v) is 8.10. The second-order valence-electron chi connectivity index (χ2n) is 3.36. The van der Waals surface area contributed by atoms with E-state index in [0.29, 0.717) is 0 Å². The highest BCUT2D eigenvalue weighted by molar-refractivity contribution is 4.53. The fourth-order valence-electron chi connectivity index (χ4n) is 0.796. The number of hydrogen-bond acceptors (Lipinski definition) is 1. The van der Waals surface area contributed by atoms with Crippen LogP contribution in [0, 0.1) is 12.5 Å². The molecular formula is C10H21O. The minimum absolute atomic E-state index is 0.793. The van der Waals surface area contributed by atoms with Crippen molar-refractivity contribution in [3.8, 4) is 0 Å². The summed E-state index contributed by atoms with van der Waals surface area (Å²) in [5.41, 5.74) is 0. The van der Waals surface area contributed by atoms with Crippen LogP contribution in [0.25, 0.3) is 0 Å². The quantitative estimate of drug-likeness (QED) is 0.515. The van der Waals surface area contributed by atoms with E-state index in [9.17, 15) is 0 Å². The van der Waals surface area contributed by atoms with E-state index >= 15 is 0 Å². The Balaban J connectivity index is 2.80. The molecule has 0 rings (SSSR count). The SMILES string of the molecule is CCCCO[CH]CCC(C)C. The molecule has 0 aromatic heterocycles. The van der Waals surface area contributed by atoms with Crippen LogP contribution in [-0.2, 0) is 4.74 Å². The van der Waals surface area contributed by atoms with Gasteiger partial charge in [-0.3, -0.25) is 0 Å². The van der Waals surface area contributed by atoms with Crippen molar-refractivity contribution in [2.75, 3.05) is 6.61 Å². The molecule has 1 radical (unpaired) electrons. The molecule has 0 amide bonds. The van der Waals surface area contributed by atoms with Crippen LogP contribution in [0.2, 0.25) is 0 Å². The number of unbranched alkanes of at least 4 members (excludes halogenated alkanes) is 1. The predicted octanol–water partition coefficient (Wildman–Crippen LogP) is 3.40. The number of rotatable bonds is 7. The Morgan fingerprint density at radius 1 is 1.36 bits per heavy atom. The maximum atomic E-state index is 5.30. The Morgan fingerprint density at radius 2 is 2.09 bits per heavy atom. The predicted molar refractivity (Wildman–Crippen MR) is 49.2 cm³/mol. The van der Waals surface area contributed by atoms with Crippen molar-refractivity contribution in [2.45, 2.75) is 46.5 Å². The Bertz CT molecular complexity index is 69.3. The first kappa shape index (κ1) is 11.0. The largest absolute Gasteiger partial charge is 0.376 e. The van der Waals surface area contributed by atoms with Crippen LogP contribution in [0.3, 0.4) is 0 Å². The molecule has 0 spiro atoms. The lowest BCUT2D eigenvalue weighted by Crippen LogP contribution is -1.93. The van der Waals surface area contributed by atoms with E-state index in [1.165, 1.54) is 19.3 Å². The topological polar surface area (TPSA) is 9.23 Å². The van der Waals surface area contributed by atoms with Gasteiger partial charge in [0.2, 0.25) is 0 Å². The first-order valence-corrected chi connectivity index (χ1v) is 4.70. The van der Waals surface area contributed by atoms with Gasteiger partial charge in [-0.2, -0.15) is 0 Å². The van der Waals surface area contributed by atoms with Gasteiger partial charge in [0.25, 0.3) is 0 Å². The summed E-state index contributed by atoms with van der Waals surface area (Å²) in [5, 5.41) is 0. The Labute approximate surface area is 71.1 Å². The van der Waals surface area contributed by atoms with Gasteiger partial charge in [0.1, 0.15) is 0 Å². The fraction of sp³-hybridized carbons (Fsp3) is 0.900. The molecule has 0 saturated carbocycles. The van der Waals surface area contributed by atoms with E-state index in [2.05, 4.69) is 20.8 Å². The van der Waals surface area contributed by atoms with Crippen LogP contribution in [0.15, 0.2) is 0 Å². The first-order valence-electron chi connectivity index (χ1n) is 4.70. The monoisotopic (exact) mass is 157 g/mol. The van der Waals surface area contributed by atoms with Crippen molar-refractivity contribution in [3.63, 3.8) is 0 Å². The van der Waals surface area contributed by atoms with Gasteiger partial charge in [0, 0.05) is 6.61 Å². The standard InChI is InChI=1S/C10H21O/c1-4-5-8-11-9-6-7-10(2)3/h9-10H,4-8H2,1-3H3.